The number of carbonyl (C=O) groups is 1. The van der Waals surface area contributed by atoms with Crippen LogP contribution in [0.1, 0.15) is 11.3 Å². The van der Waals surface area contributed by atoms with Crippen LogP contribution in [0.4, 0.5) is 5.69 Å². The number of rotatable bonds is 3. The number of anilines is 1. The summed E-state index contributed by atoms with van der Waals surface area (Å²) in [6, 6.07) is 7.35. The third kappa shape index (κ3) is 3.23. The van der Waals surface area contributed by atoms with Gasteiger partial charge in [0.1, 0.15) is 0 Å². The second-order valence-corrected chi connectivity index (χ2v) is 4.52. The number of amides is 1. The quantitative estimate of drug-likeness (QED) is 0.875. The summed E-state index contributed by atoms with van der Waals surface area (Å²) >= 11 is 6.00. The fourth-order valence-electron chi connectivity index (χ4n) is 1.57. The minimum atomic E-state index is -0.212. The number of carbonyl (C=O) groups excluding carboxylic acids is 1. The molecule has 1 heterocycles. The first-order chi connectivity index (χ1) is 9.08. The molecular weight excluding hydrogens is 262 g/mol. The Balaban J connectivity index is 2.06. The van der Waals surface area contributed by atoms with E-state index in [9.17, 15) is 4.79 Å². The average Bonchev–Trinajstić information content (AvgIpc) is 2.70. The van der Waals surface area contributed by atoms with Crippen molar-refractivity contribution < 1.29 is 4.79 Å². The van der Waals surface area contributed by atoms with E-state index in [1.807, 2.05) is 32.2 Å². The van der Waals surface area contributed by atoms with Gasteiger partial charge in [-0.15, -0.1) is 0 Å². The van der Waals surface area contributed by atoms with E-state index in [1.54, 1.807) is 23.0 Å². The number of hydrogen-bond acceptors (Lipinski definition) is 2. The summed E-state index contributed by atoms with van der Waals surface area (Å²) in [7, 11) is 1.82. The molecule has 1 amide bonds. The zero-order valence-electron chi connectivity index (χ0n) is 10.7. The van der Waals surface area contributed by atoms with Gasteiger partial charge in [-0.25, -0.2) is 0 Å². The van der Waals surface area contributed by atoms with Gasteiger partial charge in [0.15, 0.2) is 0 Å². The van der Waals surface area contributed by atoms with E-state index >= 15 is 0 Å². The molecule has 0 bridgehead atoms. The minimum absolute atomic E-state index is 0.212. The van der Waals surface area contributed by atoms with Gasteiger partial charge in [-0.1, -0.05) is 29.8 Å². The number of nitrogens with zero attached hydrogens (tertiary/aromatic N) is 2. The topological polar surface area (TPSA) is 46.9 Å². The van der Waals surface area contributed by atoms with E-state index in [0.717, 1.165) is 11.3 Å². The van der Waals surface area contributed by atoms with Gasteiger partial charge in [-0.3, -0.25) is 9.48 Å². The van der Waals surface area contributed by atoms with Gasteiger partial charge in [0.25, 0.3) is 0 Å². The predicted octanol–water partition coefficient (Wildman–Crippen LogP) is 3.03. The second kappa shape index (κ2) is 5.71. The Morgan fingerprint density at radius 2 is 2.16 bits per heavy atom. The van der Waals surface area contributed by atoms with Gasteiger partial charge >= 0.3 is 0 Å². The Labute approximate surface area is 116 Å². The van der Waals surface area contributed by atoms with Gasteiger partial charge in [0.05, 0.1) is 17.6 Å². The maximum Gasteiger partial charge on any atom is 0.248 e. The van der Waals surface area contributed by atoms with Crippen molar-refractivity contribution in [3.8, 4) is 0 Å². The molecule has 0 fully saturated rings. The molecule has 1 aromatic heterocycles. The van der Waals surface area contributed by atoms with Crippen LogP contribution in [0.5, 0.6) is 0 Å². The van der Waals surface area contributed by atoms with Crippen LogP contribution in [0, 0.1) is 6.92 Å². The number of benzene rings is 1. The number of hydrogen-bond donors (Lipinski definition) is 1. The molecule has 2 aromatic rings. The van der Waals surface area contributed by atoms with Gasteiger partial charge in [0, 0.05) is 18.1 Å². The number of aromatic nitrogens is 2. The molecule has 0 spiro atoms. The van der Waals surface area contributed by atoms with Crippen LogP contribution in [0.2, 0.25) is 5.02 Å². The first-order valence-electron chi connectivity index (χ1n) is 5.80. The summed E-state index contributed by atoms with van der Waals surface area (Å²) in [5.41, 5.74) is 2.41. The molecule has 0 saturated heterocycles. The number of aryl methyl sites for hydroxylation is 1. The lowest BCUT2D eigenvalue weighted by atomic mass is 10.2. The summed E-state index contributed by atoms with van der Waals surface area (Å²) in [6.07, 6.45) is 4.76. The van der Waals surface area contributed by atoms with Crippen LogP contribution >= 0.6 is 11.6 Å². The standard InChI is InChI=1S/C14H14ClN3O/c1-10-13(9-16-18(10)2)17-14(19)8-7-11-5-3-4-6-12(11)15/h3-9H,1-2H3,(H,17,19)/b8-7+. The van der Waals surface area contributed by atoms with E-state index in [1.165, 1.54) is 6.08 Å². The summed E-state index contributed by atoms with van der Waals surface area (Å²) < 4.78 is 1.70. The molecule has 0 aliphatic rings. The van der Waals surface area contributed by atoms with Gasteiger partial charge < -0.3 is 5.32 Å². The molecule has 19 heavy (non-hydrogen) atoms. The van der Waals surface area contributed by atoms with Crippen molar-refractivity contribution in [2.45, 2.75) is 6.92 Å². The lowest BCUT2D eigenvalue weighted by Crippen LogP contribution is -2.08. The second-order valence-electron chi connectivity index (χ2n) is 4.11. The number of nitrogens with one attached hydrogen (secondary N) is 1. The van der Waals surface area contributed by atoms with E-state index in [0.29, 0.717) is 10.7 Å². The minimum Gasteiger partial charge on any atom is -0.320 e. The highest BCUT2D eigenvalue weighted by molar-refractivity contribution is 6.32. The smallest absolute Gasteiger partial charge is 0.248 e. The Morgan fingerprint density at radius 1 is 1.42 bits per heavy atom. The van der Waals surface area contributed by atoms with Crippen molar-refractivity contribution >= 4 is 29.3 Å². The molecule has 98 valence electrons. The average molecular weight is 276 g/mol. The molecule has 4 nitrogen and oxygen atoms in total. The molecule has 0 atom stereocenters. The molecule has 1 N–H and O–H groups in total. The first-order valence-corrected chi connectivity index (χ1v) is 6.18. The van der Waals surface area contributed by atoms with Crippen molar-refractivity contribution in [1.29, 1.82) is 0 Å². The van der Waals surface area contributed by atoms with Crippen LogP contribution in [0.3, 0.4) is 0 Å². The Hall–Kier alpha value is -2.07. The highest BCUT2D eigenvalue weighted by atomic mass is 35.5. The molecular formula is C14H14ClN3O. The van der Waals surface area contributed by atoms with E-state index in [4.69, 9.17) is 11.6 Å². The summed E-state index contributed by atoms with van der Waals surface area (Å²) in [5.74, 6) is -0.212. The van der Waals surface area contributed by atoms with Crippen molar-refractivity contribution in [3.05, 3.63) is 52.8 Å². The molecule has 0 saturated carbocycles. The largest absolute Gasteiger partial charge is 0.320 e. The van der Waals surface area contributed by atoms with Crippen molar-refractivity contribution in [1.82, 2.24) is 9.78 Å². The number of halogens is 1. The summed E-state index contributed by atoms with van der Waals surface area (Å²) in [4.78, 5) is 11.8. The third-order valence-electron chi connectivity index (χ3n) is 2.81. The molecule has 1 aromatic carbocycles. The van der Waals surface area contributed by atoms with Crippen LogP contribution in [-0.2, 0) is 11.8 Å². The normalized spacial score (nSPS) is 10.9. The molecule has 0 aliphatic heterocycles. The van der Waals surface area contributed by atoms with E-state index in [-0.39, 0.29) is 5.91 Å². The lowest BCUT2D eigenvalue weighted by Gasteiger charge is -2.01. The van der Waals surface area contributed by atoms with E-state index in [2.05, 4.69) is 10.4 Å². The van der Waals surface area contributed by atoms with Crippen LogP contribution in [0.25, 0.3) is 6.08 Å². The third-order valence-corrected chi connectivity index (χ3v) is 3.16. The maximum atomic E-state index is 11.8. The first kappa shape index (κ1) is 13.4. The highest BCUT2D eigenvalue weighted by Gasteiger charge is 2.05. The fraction of sp³-hybridized carbons (Fsp3) is 0.143. The summed E-state index contributed by atoms with van der Waals surface area (Å²) in [5, 5.41) is 7.44. The molecule has 0 radical (unpaired) electrons. The Kier molecular flexibility index (Phi) is 4.02. The van der Waals surface area contributed by atoms with Gasteiger partial charge in [-0.2, -0.15) is 5.10 Å². The zero-order chi connectivity index (χ0) is 13.8. The van der Waals surface area contributed by atoms with E-state index < -0.39 is 0 Å². The van der Waals surface area contributed by atoms with Gasteiger partial charge in [0.2, 0.25) is 5.91 Å². The Morgan fingerprint density at radius 3 is 2.79 bits per heavy atom. The van der Waals surface area contributed by atoms with Crippen LogP contribution in [0.15, 0.2) is 36.5 Å². The molecule has 0 aliphatic carbocycles. The van der Waals surface area contributed by atoms with Crippen molar-refractivity contribution in [3.63, 3.8) is 0 Å². The van der Waals surface area contributed by atoms with Crippen molar-refractivity contribution in [2.75, 3.05) is 5.32 Å². The lowest BCUT2D eigenvalue weighted by molar-refractivity contribution is -0.111. The zero-order valence-corrected chi connectivity index (χ0v) is 11.5. The summed E-state index contributed by atoms with van der Waals surface area (Å²) in [6.45, 7) is 1.89. The highest BCUT2D eigenvalue weighted by Crippen LogP contribution is 2.16. The van der Waals surface area contributed by atoms with Gasteiger partial charge in [-0.05, 0) is 24.6 Å². The monoisotopic (exact) mass is 275 g/mol. The predicted molar refractivity (Wildman–Crippen MR) is 77.1 cm³/mol. The molecule has 5 heteroatoms. The van der Waals surface area contributed by atoms with Crippen LogP contribution in [-0.4, -0.2) is 15.7 Å². The van der Waals surface area contributed by atoms with Crippen LogP contribution < -0.4 is 5.32 Å². The molecule has 2 rings (SSSR count). The molecule has 0 unspecified atom stereocenters. The SMILES string of the molecule is Cc1c(NC(=O)/C=C/c2ccccc2Cl)cnn1C. The van der Waals surface area contributed by atoms with Crippen molar-refractivity contribution in [2.24, 2.45) is 7.05 Å². The maximum absolute atomic E-state index is 11.8. The fourth-order valence-corrected chi connectivity index (χ4v) is 1.77. The Bertz CT molecular complexity index is 631.